The van der Waals surface area contributed by atoms with Crippen molar-refractivity contribution < 1.29 is 13.2 Å². The first-order valence-corrected chi connectivity index (χ1v) is 12.9. The Kier molecular flexibility index (Phi) is 8.56. The quantitative estimate of drug-likeness (QED) is 0.567. The van der Waals surface area contributed by atoms with Crippen molar-refractivity contribution in [2.75, 3.05) is 12.9 Å². The van der Waals surface area contributed by atoms with Crippen LogP contribution in [0.4, 0.5) is 0 Å². The number of unbranched alkanes of at least 4 members (excludes halogenated alkanes) is 1. The van der Waals surface area contributed by atoms with E-state index in [1.807, 2.05) is 12.1 Å². The normalized spacial score (nSPS) is 23.6. The van der Waals surface area contributed by atoms with Gasteiger partial charge in [0.15, 0.2) is 9.84 Å². The van der Waals surface area contributed by atoms with Crippen molar-refractivity contribution in [2.24, 2.45) is 0 Å². The SMILES string of the molecule is CCCC[C@]1(CC)CS(=O)(=O)c2cc(CNC(CC)CC)c(OC)cc2[C@@H](C)N1. The molecule has 0 unspecified atom stereocenters. The number of nitrogens with one attached hydrogen (secondary N) is 2. The molecule has 0 saturated carbocycles. The minimum absolute atomic E-state index is 0.0472. The van der Waals surface area contributed by atoms with E-state index in [1.165, 1.54) is 0 Å². The summed E-state index contributed by atoms with van der Waals surface area (Å²) in [5.74, 6) is 0.906. The molecule has 1 aliphatic rings. The summed E-state index contributed by atoms with van der Waals surface area (Å²) in [5, 5.41) is 7.21. The van der Waals surface area contributed by atoms with Crippen LogP contribution >= 0.6 is 0 Å². The highest BCUT2D eigenvalue weighted by Gasteiger charge is 2.40. The zero-order valence-corrected chi connectivity index (χ0v) is 19.9. The molecule has 5 nitrogen and oxygen atoms in total. The number of hydrogen-bond donors (Lipinski definition) is 2. The summed E-state index contributed by atoms with van der Waals surface area (Å²) < 4.78 is 32.6. The van der Waals surface area contributed by atoms with E-state index in [-0.39, 0.29) is 17.3 Å². The predicted octanol–water partition coefficient (Wildman–Crippen LogP) is 4.75. The van der Waals surface area contributed by atoms with Gasteiger partial charge in [0.25, 0.3) is 0 Å². The van der Waals surface area contributed by atoms with Gasteiger partial charge in [-0.25, -0.2) is 8.42 Å². The molecule has 6 heteroatoms. The fourth-order valence-corrected chi connectivity index (χ4v) is 6.68. The lowest BCUT2D eigenvalue weighted by molar-refractivity contribution is 0.287. The van der Waals surface area contributed by atoms with Crippen LogP contribution in [0.3, 0.4) is 0 Å². The van der Waals surface area contributed by atoms with Crippen molar-refractivity contribution in [2.45, 2.75) is 102 Å². The summed E-state index contributed by atoms with van der Waals surface area (Å²) in [5.41, 5.74) is 1.35. The van der Waals surface area contributed by atoms with Gasteiger partial charge in [0.2, 0.25) is 0 Å². The molecule has 0 aromatic heterocycles. The lowest BCUT2D eigenvalue weighted by atomic mass is 9.90. The van der Waals surface area contributed by atoms with Crippen molar-refractivity contribution >= 4 is 9.84 Å². The second-order valence-electron chi connectivity index (χ2n) is 8.46. The van der Waals surface area contributed by atoms with E-state index < -0.39 is 9.84 Å². The number of fused-ring (bicyclic) bond motifs is 1. The Bertz CT molecular complexity index is 775. The minimum atomic E-state index is -3.40. The van der Waals surface area contributed by atoms with Gasteiger partial charge in [-0.2, -0.15) is 0 Å². The largest absolute Gasteiger partial charge is 0.496 e. The Balaban J connectivity index is 2.48. The second-order valence-corrected chi connectivity index (χ2v) is 10.4. The lowest BCUT2D eigenvalue weighted by Gasteiger charge is -2.34. The highest BCUT2D eigenvalue weighted by Crippen LogP contribution is 2.38. The van der Waals surface area contributed by atoms with Gasteiger partial charge in [-0.15, -0.1) is 0 Å². The molecule has 1 heterocycles. The van der Waals surface area contributed by atoms with Crippen molar-refractivity contribution in [1.29, 1.82) is 0 Å². The highest BCUT2D eigenvalue weighted by atomic mass is 32.2. The van der Waals surface area contributed by atoms with Gasteiger partial charge >= 0.3 is 0 Å². The van der Waals surface area contributed by atoms with E-state index in [4.69, 9.17) is 4.74 Å². The van der Waals surface area contributed by atoms with Crippen LogP contribution in [-0.2, 0) is 16.4 Å². The Labute approximate surface area is 177 Å². The Hall–Kier alpha value is -1.11. The molecule has 0 fully saturated rings. The number of ether oxygens (including phenoxy) is 1. The molecule has 1 aromatic carbocycles. The van der Waals surface area contributed by atoms with Gasteiger partial charge in [0.1, 0.15) is 5.75 Å². The third kappa shape index (κ3) is 5.53. The van der Waals surface area contributed by atoms with E-state index in [0.717, 1.165) is 55.4 Å². The molecule has 0 aliphatic carbocycles. The standard InChI is InChI=1S/C23H40N2O3S/c1-7-11-12-23(10-4)16-29(26,27)22-13-18(15-24-19(8-2)9-3)21(28-6)14-20(22)17(5)25-23/h13-14,17,19,24-25H,7-12,15-16H2,1-6H3/t17-,23-/m1/s1. The number of rotatable bonds is 10. The number of hydrogen-bond acceptors (Lipinski definition) is 5. The number of benzene rings is 1. The molecule has 0 spiro atoms. The molecular formula is C23H40N2O3S. The first-order chi connectivity index (χ1) is 13.8. The fourth-order valence-electron chi connectivity index (χ4n) is 4.45. The molecule has 166 valence electrons. The monoisotopic (exact) mass is 424 g/mol. The maximum atomic E-state index is 13.5. The zero-order chi connectivity index (χ0) is 21.7. The molecule has 0 bridgehead atoms. The second kappa shape index (κ2) is 10.3. The van der Waals surface area contributed by atoms with Crippen LogP contribution in [0.1, 0.15) is 90.3 Å². The van der Waals surface area contributed by atoms with Crippen molar-refractivity contribution in [3.63, 3.8) is 0 Å². The average molecular weight is 425 g/mol. The van der Waals surface area contributed by atoms with Crippen LogP contribution in [0.15, 0.2) is 17.0 Å². The molecule has 2 rings (SSSR count). The van der Waals surface area contributed by atoms with Gasteiger partial charge < -0.3 is 15.4 Å². The summed E-state index contributed by atoms with van der Waals surface area (Å²) in [7, 11) is -1.75. The molecular weight excluding hydrogens is 384 g/mol. The lowest BCUT2D eigenvalue weighted by Crippen LogP contribution is -2.49. The fraction of sp³-hybridized carbons (Fsp3) is 0.739. The van der Waals surface area contributed by atoms with E-state index in [0.29, 0.717) is 17.5 Å². The molecule has 1 aliphatic heterocycles. The highest BCUT2D eigenvalue weighted by molar-refractivity contribution is 7.91. The Morgan fingerprint density at radius 2 is 1.93 bits per heavy atom. The summed E-state index contributed by atoms with van der Waals surface area (Å²) in [6.45, 7) is 11.2. The van der Waals surface area contributed by atoms with E-state index in [1.54, 1.807) is 7.11 Å². The number of sulfone groups is 1. The number of methoxy groups -OCH3 is 1. The van der Waals surface area contributed by atoms with Crippen LogP contribution in [0.2, 0.25) is 0 Å². The van der Waals surface area contributed by atoms with Gasteiger partial charge in [0, 0.05) is 29.7 Å². The smallest absolute Gasteiger partial charge is 0.180 e. The van der Waals surface area contributed by atoms with E-state index >= 15 is 0 Å². The molecule has 0 radical (unpaired) electrons. The average Bonchev–Trinajstić information content (AvgIpc) is 2.79. The van der Waals surface area contributed by atoms with Crippen molar-refractivity contribution in [3.05, 3.63) is 23.3 Å². The van der Waals surface area contributed by atoms with E-state index in [2.05, 4.69) is 45.3 Å². The van der Waals surface area contributed by atoms with E-state index in [9.17, 15) is 8.42 Å². The summed E-state index contributed by atoms with van der Waals surface area (Å²) >= 11 is 0. The van der Waals surface area contributed by atoms with Crippen LogP contribution in [0.5, 0.6) is 5.75 Å². The molecule has 0 amide bonds. The summed E-state index contributed by atoms with van der Waals surface area (Å²) in [4.78, 5) is 0.464. The van der Waals surface area contributed by atoms with Crippen LogP contribution in [0, 0.1) is 0 Å². The summed E-state index contributed by atoms with van der Waals surface area (Å²) in [6, 6.07) is 4.15. The maximum absolute atomic E-state index is 13.5. The Morgan fingerprint density at radius 1 is 1.24 bits per heavy atom. The first kappa shape index (κ1) is 24.2. The van der Waals surface area contributed by atoms with Gasteiger partial charge in [-0.3, -0.25) is 0 Å². The molecule has 2 atom stereocenters. The molecule has 1 aromatic rings. The molecule has 0 saturated heterocycles. The topological polar surface area (TPSA) is 67.4 Å². The van der Waals surface area contributed by atoms with Crippen LogP contribution in [0.25, 0.3) is 0 Å². The first-order valence-electron chi connectivity index (χ1n) is 11.2. The van der Waals surface area contributed by atoms with Crippen molar-refractivity contribution in [3.8, 4) is 5.75 Å². The van der Waals surface area contributed by atoms with Crippen LogP contribution < -0.4 is 15.4 Å². The third-order valence-electron chi connectivity index (χ3n) is 6.46. The van der Waals surface area contributed by atoms with Gasteiger partial charge in [0.05, 0.1) is 17.8 Å². The predicted molar refractivity (Wildman–Crippen MR) is 120 cm³/mol. The van der Waals surface area contributed by atoms with Crippen molar-refractivity contribution in [1.82, 2.24) is 10.6 Å². The van der Waals surface area contributed by atoms with Gasteiger partial charge in [-0.1, -0.05) is 40.5 Å². The van der Waals surface area contributed by atoms with Crippen LogP contribution in [-0.4, -0.2) is 32.9 Å². The minimum Gasteiger partial charge on any atom is -0.496 e. The summed E-state index contributed by atoms with van der Waals surface area (Å²) in [6.07, 6.45) is 5.83. The van der Waals surface area contributed by atoms with Gasteiger partial charge in [-0.05, 0) is 50.3 Å². The zero-order valence-electron chi connectivity index (χ0n) is 19.1. The Morgan fingerprint density at radius 3 is 2.48 bits per heavy atom. The third-order valence-corrected chi connectivity index (χ3v) is 8.41. The molecule has 2 N–H and O–H groups in total. The maximum Gasteiger partial charge on any atom is 0.180 e. The molecule has 29 heavy (non-hydrogen) atoms.